The molecule has 0 unspecified atom stereocenters. The molecule has 1 amide bonds. The van der Waals surface area contributed by atoms with Gasteiger partial charge >= 0.3 is 0 Å². The molecule has 27 heavy (non-hydrogen) atoms. The summed E-state index contributed by atoms with van der Waals surface area (Å²) in [5, 5.41) is 2.89. The van der Waals surface area contributed by atoms with E-state index in [4.69, 9.17) is 0 Å². The molecule has 0 aromatic heterocycles. The maximum absolute atomic E-state index is 12.3. The predicted octanol–water partition coefficient (Wildman–Crippen LogP) is 1.13. The summed E-state index contributed by atoms with van der Waals surface area (Å²) >= 11 is 0. The van der Waals surface area contributed by atoms with Gasteiger partial charge in [-0.2, -0.15) is 0 Å². The minimum absolute atomic E-state index is 0.109. The Morgan fingerprint density at radius 3 is 2.44 bits per heavy atom. The van der Waals surface area contributed by atoms with Crippen LogP contribution in [0.25, 0.3) is 0 Å². The lowest BCUT2D eigenvalue weighted by Gasteiger charge is -2.33. The van der Waals surface area contributed by atoms with Gasteiger partial charge in [-0.3, -0.25) is 4.79 Å². The van der Waals surface area contributed by atoms with Crippen molar-refractivity contribution in [3.05, 3.63) is 29.8 Å². The number of piperazine rings is 1. The number of carbonyl (C=O) groups is 1. The van der Waals surface area contributed by atoms with E-state index in [-0.39, 0.29) is 16.8 Å². The minimum Gasteiger partial charge on any atom is -0.352 e. The Kier molecular flexibility index (Phi) is 8.22. The summed E-state index contributed by atoms with van der Waals surface area (Å²) in [6.45, 7) is 12.7. The average Bonchev–Trinajstić information content (AvgIpc) is 2.64. The highest BCUT2D eigenvalue weighted by molar-refractivity contribution is 7.89. The Morgan fingerprint density at radius 1 is 1.15 bits per heavy atom. The SMILES string of the molecule is CCN1CCN(CCCNC(=O)c2cccc(S(=O)(=O)NC(C)C)c2)CC1. The van der Waals surface area contributed by atoms with Gasteiger partial charge in [-0.1, -0.05) is 13.0 Å². The molecule has 2 N–H and O–H groups in total. The second-order valence-electron chi connectivity index (χ2n) is 7.19. The molecule has 152 valence electrons. The Morgan fingerprint density at radius 2 is 1.81 bits per heavy atom. The molecule has 7 nitrogen and oxygen atoms in total. The largest absolute Gasteiger partial charge is 0.352 e. The van der Waals surface area contributed by atoms with Gasteiger partial charge in [-0.25, -0.2) is 13.1 Å². The molecule has 1 aromatic rings. The summed E-state index contributed by atoms with van der Waals surface area (Å²) in [4.78, 5) is 17.3. The first-order valence-electron chi connectivity index (χ1n) is 9.67. The van der Waals surface area contributed by atoms with Gasteiger partial charge in [0.25, 0.3) is 5.91 Å². The Hall–Kier alpha value is -1.48. The number of likely N-dealkylation sites (N-methyl/N-ethyl adjacent to an activating group) is 1. The molecule has 1 heterocycles. The number of carbonyl (C=O) groups excluding carboxylic acids is 1. The highest BCUT2D eigenvalue weighted by atomic mass is 32.2. The molecular weight excluding hydrogens is 364 g/mol. The number of rotatable bonds is 9. The third-order valence-corrected chi connectivity index (χ3v) is 6.30. The van der Waals surface area contributed by atoms with E-state index in [2.05, 4.69) is 26.8 Å². The van der Waals surface area contributed by atoms with Gasteiger partial charge < -0.3 is 15.1 Å². The van der Waals surface area contributed by atoms with Gasteiger partial charge in [0.15, 0.2) is 0 Å². The number of hydrogen-bond acceptors (Lipinski definition) is 5. The summed E-state index contributed by atoms with van der Waals surface area (Å²) in [7, 11) is -3.60. The molecule has 0 saturated carbocycles. The van der Waals surface area contributed by atoms with Crippen LogP contribution in [0.15, 0.2) is 29.2 Å². The van der Waals surface area contributed by atoms with E-state index in [0.29, 0.717) is 12.1 Å². The van der Waals surface area contributed by atoms with Crippen LogP contribution in [0, 0.1) is 0 Å². The van der Waals surface area contributed by atoms with E-state index < -0.39 is 10.0 Å². The summed E-state index contributed by atoms with van der Waals surface area (Å²) in [6.07, 6.45) is 0.880. The fourth-order valence-electron chi connectivity index (χ4n) is 3.12. The zero-order valence-electron chi connectivity index (χ0n) is 16.6. The van der Waals surface area contributed by atoms with Crippen LogP contribution in [0.1, 0.15) is 37.6 Å². The predicted molar refractivity (Wildman–Crippen MR) is 107 cm³/mol. The standard InChI is InChI=1S/C19H32N4O3S/c1-4-22-11-13-23(14-12-22)10-6-9-20-19(24)17-7-5-8-18(15-17)27(25,26)21-16(2)3/h5,7-8,15-16,21H,4,6,9-14H2,1-3H3,(H,20,24). The van der Waals surface area contributed by atoms with Crippen molar-refractivity contribution < 1.29 is 13.2 Å². The van der Waals surface area contributed by atoms with Crippen molar-refractivity contribution in [2.75, 3.05) is 45.8 Å². The van der Waals surface area contributed by atoms with E-state index in [1.807, 2.05) is 0 Å². The average molecular weight is 397 g/mol. The lowest BCUT2D eigenvalue weighted by atomic mass is 10.2. The maximum Gasteiger partial charge on any atom is 0.251 e. The van der Waals surface area contributed by atoms with Crippen LogP contribution < -0.4 is 10.0 Å². The minimum atomic E-state index is -3.60. The molecule has 1 aromatic carbocycles. The first kappa shape index (κ1) is 21.8. The van der Waals surface area contributed by atoms with Crippen LogP contribution in [-0.4, -0.2) is 76.0 Å². The second kappa shape index (κ2) is 10.2. The lowest BCUT2D eigenvalue weighted by molar-refractivity contribution is 0.0948. The molecule has 1 aliphatic rings. The smallest absolute Gasteiger partial charge is 0.251 e. The Bertz CT molecular complexity index is 713. The van der Waals surface area contributed by atoms with Crippen molar-refractivity contribution >= 4 is 15.9 Å². The van der Waals surface area contributed by atoms with Crippen LogP contribution >= 0.6 is 0 Å². The third-order valence-electron chi connectivity index (χ3n) is 4.65. The van der Waals surface area contributed by atoms with E-state index in [9.17, 15) is 13.2 Å². The van der Waals surface area contributed by atoms with Crippen LogP contribution in [0.5, 0.6) is 0 Å². The summed E-state index contributed by atoms with van der Waals surface area (Å²) < 4.78 is 27.0. The van der Waals surface area contributed by atoms with Gasteiger partial charge in [-0.15, -0.1) is 0 Å². The van der Waals surface area contributed by atoms with Crippen molar-refractivity contribution in [1.29, 1.82) is 0 Å². The van der Waals surface area contributed by atoms with E-state index in [0.717, 1.165) is 45.7 Å². The molecule has 2 rings (SSSR count). The number of benzene rings is 1. The van der Waals surface area contributed by atoms with Crippen molar-refractivity contribution in [3.8, 4) is 0 Å². The monoisotopic (exact) mass is 396 g/mol. The fraction of sp³-hybridized carbons (Fsp3) is 0.632. The number of nitrogens with one attached hydrogen (secondary N) is 2. The summed E-state index contributed by atoms with van der Waals surface area (Å²) in [5.41, 5.74) is 0.359. The highest BCUT2D eigenvalue weighted by Crippen LogP contribution is 2.12. The molecule has 1 aliphatic heterocycles. The molecule has 0 aliphatic carbocycles. The summed E-state index contributed by atoms with van der Waals surface area (Å²) in [5.74, 6) is -0.243. The van der Waals surface area contributed by atoms with Crippen LogP contribution in [0.3, 0.4) is 0 Å². The van der Waals surface area contributed by atoms with E-state index in [1.165, 1.54) is 12.1 Å². The first-order chi connectivity index (χ1) is 12.8. The third kappa shape index (κ3) is 6.88. The van der Waals surface area contributed by atoms with Crippen molar-refractivity contribution in [1.82, 2.24) is 19.8 Å². The van der Waals surface area contributed by atoms with Gasteiger partial charge in [0.1, 0.15) is 0 Å². The molecule has 0 radical (unpaired) electrons. The molecule has 0 spiro atoms. The lowest BCUT2D eigenvalue weighted by Crippen LogP contribution is -2.46. The van der Waals surface area contributed by atoms with Crippen molar-refractivity contribution in [2.24, 2.45) is 0 Å². The number of sulfonamides is 1. The first-order valence-corrected chi connectivity index (χ1v) is 11.2. The maximum atomic E-state index is 12.3. The zero-order chi connectivity index (χ0) is 19.9. The molecule has 1 fully saturated rings. The second-order valence-corrected chi connectivity index (χ2v) is 8.90. The highest BCUT2D eigenvalue weighted by Gasteiger charge is 2.18. The van der Waals surface area contributed by atoms with E-state index >= 15 is 0 Å². The van der Waals surface area contributed by atoms with Crippen LogP contribution in [0.2, 0.25) is 0 Å². The number of nitrogens with zero attached hydrogens (tertiary/aromatic N) is 2. The van der Waals surface area contributed by atoms with E-state index in [1.54, 1.807) is 26.0 Å². The number of amides is 1. The molecule has 1 saturated heterocycles. The van der Waals surface area contributed by atoms with Gasteiger partial charge in [0.2, 0.25) is 10.0 Å². The number of hydrogen-bond donors (Lipinski definition) is 2. The van der Waals surface area contributed by atoms with Crippen molar-refractivity contribution in [3.63, 3.8) is 0 Å². The Labute approximate surface area is 163 Å². The molecular formula is C19H32N4O3S. The quantitative estimate of drug-likeness (QED) is 0.612. The van der Waals surface area contributed by atoms with Crippen LogP contribution in [0.4, 0.5) is 0 Å². The van der Waals surface area contributed by atoms with Crippen molar-refractivity contribution in [2.45, 2.75) is 38.1 Å². The zero-order valence-corrected chi connectivity index (χ0v) is 17.4. The molecule has 8 heteroatoms. The molecule has 0 bridgehead atoms. The normalized spacial score (nSPS) is 16.6. The van der Waals surface area contributed by atoms with Crippen LogP contribution in [-0.2, 0) is 10.0 Å². The Balaban J connectivity index is 1.80. The fourth-order valence-corrected chi connectivity index (χ4v) is 4.42. The summed E-state index contributed by atoms with van der Waals surface area (Å²) in [6, 6.07) is 5.94. The molecule has 0 atom stereocenters. The van der Waals surface area contributed by atoms with Gasteiger partial charge in [0, 0.05) is 44.3 Å². The van der Waals surface area contributed by atoms with Gasteiger partial charge in [-0.05, 0) is 51.6 Å². The van der Waals surface area contributed by atoms with Gasteiger partial charge in [0.05, 0.1) is 4.90 Å². The topological polar surface area (TPSA) is 81.8 Å².